The van der Waals surface area contributed by atoms with E-state index >= 15 is 0 Å². The highest BCUT2D eigenvalue weighted by Gasteiger charge is 2.18. The molecule has 3 rings (SSSR count). The molecule has 3 aromatic rings. The fraction of sp³-hybridized carbons (Fsp3) is 0.368. The molecule has 0 bridgehead atoms. The number of nitrogens with zero attached hydrogens (tertiary/aromatic N) is 4. The topological polar surface area (TPSA) is 105 Å². The number of carbonyl (C=O) groups is 1. The van der Waals surface area contributed by atoms with Crippen LogP contribution in [0.4, 0.5) is 17.3 Å². The number of aryl methyl sites for hydroxylation is 1. The number of amides is 1. The molecular weight excluding hydrogens is 358 g/mol. The lowest BCUT2D eigenvalue weighted by Crippen LogP contribution is -2.32. The van der Waals surface area contributed by atoms with Crippen LogP contribution in [-0.4, -0.2) is 38.2 Å². The molecule has 0 aliphatic rings. The molecule has 0 aromatic carbocycles. The third-order valence-corrected chi connectivity index (χ3v) is 4.46. The van der Waals surface area contributed by atoms with E-state index in [2.05, 4.69) is 33.0 Å². The number of pyridine rings is 1. The summed E-state index contributed by atoms with van der Waals surface area (Å²) < 4.78 is 3.04. The second kappa shape index (κ2) is 8.12. The molecule has 148 valence electrons. The van der Waals surface area contributed by atoms with Crippen molar-refractivity contribution >= 4 is 28.9 Å². The molecule has 1 amide bonds. The zero-order chi connectivity index (χ0) is 20.3. The van der Waals surface area contributed by atoms with E-state index in [-0.39, 0.29) is 17.5 Å². The summed E-state index contributed by atoms with van der Waals surface area (Å²) in [5.74, 6) is 0.857. The zero-order valence-electron chi connectivity index (χ0n) is 16.5. The SMILES string of the molecule is CCC[C@@H](C)NC(=O)c1cnn2c(NC)cc(Nc3cccn(C)c3=O)nc12. The van der Waals surface area contributed by atoms with Crippen LogP contribution < -0.4 is 21.5 Å². The first-order valence-corrected chi connectivity index (χ1v) is 9.24. The first-order valence-electron chi connectivity index (χ1n) is 9.24. The third-order valence-electron chi connectivity index (χ3n) is 4.46. The molecule has 0 fully saturated rings. The van der Waals surface area contributed by atoms with Crippen molar-refractivity contribution in [2.24, 2.45) is 7.05 Å². The average molecular weight is 383 g/mol. The van der Waals surface area contributed by atoms with E-state index < -0.39 is 0 Å². The predicted molar refractivity (Wildman–Crippen MR) is 109 cm³/mol. The van der Waals surface area contributed by atoms with Gasteiger partial charge >= 0.3 is 0 Å². The maximum atomic E-state index is 12.7. The van der Waals surface area contributed by atoms with Crippen molar-refractivity contribution < 1.29 is 4.79 Å². The van der Waals surface area contributed by atoms with Crippen molar-refractivity contribution in [1.29, 1.82) is 0 Å². The van der Waals surface area contributed by atoms with Gasteiger partial charge in [0.05, 0.1) is 6.20 Å². The number of carbonyl (C=O) groups excluding carboxylic acids is 1. The van der Waals surface area contributed by atoms with Crippen LogP contribution in [0.25, 0.3) is 5.65 Å². The van der Waals surface area contributed by atoms with Gasteiger partial charge in [0.1, 0.15) is 22.9 Å². The maximum absolute atomic E-state index is 12.7. The average Bonchev–Trinajstić information content (AvgIpc) is 3.09. The van der Waals surface area contributed by atoms with Crippen LogP contribution >= 0.6 is 0 Å². The fourth-order valence-electron chi connectivity index (χ4n) is 3.00. The van der Waals surface area contributed by atoms with Crippen LogP contribution in [0.1, 0.15) is 37.0 Å². The van der Waals surface area contributed by atoms with E-state index in [1.165, 1.54) is 10.8 Å². The minimum Gasteiger partial charge on any atom is -0.373 e. The molecule has 28 heavy (non-hydrogen) atoms. The molecular formula is C19H25N7O2. The number of fused-ring (bicyclic) bond motifs is 1. The Kier molecular flexibility index (Phi) is 5.62. The molecule has 0 saturated carbocycles. The van der Waals surface area contributed by atoms with E-state index in [1.54, 1.807) is 43.0 Å². The van der Waals surface area contributed by atoms with Crippen LogP contribution in [0.15, 0.2) is 35.4 Å². The van der Waals surface area contributed by atoms with Gasteiger partial charge < -0.3 is 20.5 Å². The molecule has 9 heteroatoms. The summed E-state index contributed by atoms with van der Waals surface area (Å²) in [5.41, 5.74) is 1.01. The standard InChI is InChI=1S/C19H25N7O2/c1-5-7-12(2)22-18(27)13-11-21-26-16(20-3)10-15(24-17(13)26)23-14-8-6-9-25(4)19(14)28/h6,8-12,20H,5,7H2,1-4H3,(H,22,27)(H,23,24)/t12-/m1/s1. The summed E-state index contributed by atoms with van der Waals surface area (Å²) in [5, 5.41) is 13.3. The number of hydrogen-bond acceptors (Lipinski definition) is 6. The van der Waals surface area contributed by atoms with Gasteiger partial charge in [-0.1, -0.05) is 13.3 Å². The smallest absolute Gasteiger partial charge is 0.274 e. The predicted octanol–water partition coefficient (Wildman–Crippen LogP) is 2.13. The fourth-order valence-corrected chi connectivity index (χ4v) is 3.00. The van der Waals surface area contributed by atoms with Crippen molar-refractivity contribution in [3.63, 3.8) is 0 Å². The Morgan fingerprint density at radius 2 is 2.14 bits per heavy atom. The quantitative estimate of drug-likeness (QED) is 0.577. The van der Waals surface area contributed by atoms with Gasteiger partial charge in [-0.3, -0.25) is 9.59 Å². The molecule has 0 spiro atoms. The van der Waals surface area contributed by atoms with Gasteiger partial charge in [-0.25, -0.2) is 4.98 Å². The highest BCUT2D eigenvalue weighted by molar-refractivity contribution is 6.00. The Bertz CT molecular complexity index is 1050. The second-order valence-electron chi connectivity index (χ2n) is 6.70. The third kappa shape index (κ3) is 3.83. The van der Waals surface area contributed by atoms with E-state index in [0.717, 1.165) is 12.8 Å². The van der Waals surface area contributed by atoms with Crippen LogP contribution in [0, 0.1) is 0 Å². The molecule has 3 aromatic heterocycles. The number of hydrogen-bond donors (Lipinski definition) is 3. The number of aromatic nitrogens is 4. The summed E-state index contributed by atoms with van der Waals surface area (Å²) in [6.07, 6.45) is 5.06. The van der Waals surface area contributed by atoms with E-state index in [1.807, 2.05) is 6.92 Å². The van der Waals surface area contributed by atoms with Gasteiger partial charge in [-0.2, -0.15) is 9.61 Å². The lowest BCUT2D eigenvalue weighted by molar-refractivity contribution is 0.0940. The van der Waals surface area contributed by atoms with Crippen LogP contribution in [-0.2, 0) is 7.05 Å². The first-order chi connectivity index (χ1) is 13.4. The van der Waals surface area contributed by atoms with Crippen molar-refractivity contribution in [3.05, 3.63) is 46.5 Å². The normalized spacial score (nSPS) is 12.0. The molecule has 0 radical (unpaired) electrons. The van der Waals surface area contributed by atoms with Crippen molar-refractivity contribution in [1.82, 2.24) is 24.5 Å². The Balaban J connectivity index is 2.00. The Labute approximate surface area is 162 Å². The van der Waals surface area contributed by atoms with E-state index in [4.69, 9.17) is 0 Å². The number of rotatable bonds is 7. The molecule has 0 aliphatic heterocycles. The Hall–Kier alpha value is -3.36. The van der Waals surface area contributed by atoms with E-state index in [0.29, 0.717) is 28.5 Å². The molecule has 9 nitrogen and oxygen atoms in total. The largest absolute Gasteiger partial charge is 0.373 e. The minimum atomic E-state index is -0.224. The highest BCUT2D eigenvalue weighted by atomic mass is 16.2. The van der Waals surface area contributed by atoms with Gasteiger partial charge in [0.2, 0.25) is 0 Å². The highest BCUT2D eigenvalue weighted by Crippen LogP contribution is 2.20. The van der Waals surface area contributed by atoms with Crippen molar-refractivity contribution in [2.45, 2.75) is 32.7 Å². The first kappa shape index (κ1) is 19.4. The Morgan fingerprint density at radius 3 is 2.86 bits per heavy atom. The summed E-state index contributed by atoms with van der Waals surface area (Å²) >= 11 is 0. The Morgan fingerprint density at radius 1 is 1.36 bits per heavy atom. The van der Waals surface area contributed by atoms with Gasteiger partial charge in [0, 0.05) is 32.4 Å². The number of nitrogens with one attached hydrogen (secondary N) is 3. The molecule has 3 heterocycles. The molecule has 0 aliphatic carbocycles. The van der Waals surface area contributed by atoms with Crippen molar-refractivity contribution in [3.8, 4) is 0 Å². The zero-order valence-corrected chi connectivity index (χ0v) is 16.5. The number of anilines is 3. The monoisotopic (exact) mass is 383 g/mol. The van der Waals surface area contributed by atoms with Crippen LogP contribution in [0.3, 0.4) is 0 Å². The van der Waals surface area contributed by atoms with Gasteiger partial charge in [-0.05, 0) is 25.5 Å². The molecule has 1 atom stereocenters. The van der Waals surface area contributed by atoms with Gasteiger partial charge in [-0.15, -0.1) is 0 Å². The molecule has 0 unspecified atom stereocenters. The summed E-state index contributed by atoms with van der Waals surface area (Å²) in [6, 6.07) is 5.25. The van der Waals surface area contributed by atoms with Gasteiger partial charge in [0.15, 0.2) is 5.65 Å². The second-order valence-corrected chi connectivity index (χ2v) is 6.70. The molecule has 3 N–H and O–H groups in total. The van der Waals surface area contributed by atoms with Crippen molar-refractivity contribution in [2.75, 3.05) is 17.7 Å². The minimum absolute atomic E-state index is 0.0601. The lowest BCUT2D eigenvalue weighted by Gasteiger charge is -2.13. The van der Waals surface area contributed by atoms with Crippen LogP contribution in [0.2, 0.25) is 0 Å². The molecule has 0 saturated heterocycles. The maximum Gasteiger partial charge on any atom is 0.274 e. The van der Waals surface area contributed by atoms with Gasteiger partial charge in [0.25, 0.3) is 11.5 Å². The van der Waals surface area contributed by atoms with E-state index in [9.17, 15) is 9.59 Å². The van der Waals surface area contributed by atoms with Crippen LogP contribution in [0.5, 0.6) is 0 Å². The summed E-state index contributed by atoms with van der Waals surface area (Å²) in [4.78, 5) is 29.5. The summed E-state index contributed by atoms with van der Waals surface area (Å²) in [7, 11) is 3.44. The lowest BCUT2D eigenvalue weighted by atomic mass is 10.2. The summed E-state index contributed by atoms with van der Waals surface area (Å²) in [6.45, 7) is 4.04.